The monoisotopic (exact) mass is 298 g/mol. The number of carboxylic acids is 1. The summed E-state index contributed by atoms with van der Waals surface area (Å²) in [5, 5.41) is 8.97. The Morgan fingerprint density at radius 1 is 0.905 bits per heavy atom. The van der Waals surface area contributed by atoms with Crippen molar-refractivity contribution in [3.63, 3.8) is 0 Å². The van der Waals surface area contributed by atoms with Crippen LogP contribution in [0.25, 0.3) is 0 Å². The highest BCUT2D eigenvalue weighted by molar-refractivity contribution is 5.84. The molecule has 1 heterocycles. The van der Waals surface area contributed by atoms with Gasteiger partial charge < -0.3 is 14.9 Å². The largest absolute Gasteiger partial charge is 0.481 e. The smallest absolute Gasteiger partial charge is 0.307 e. The van der Waals surface area contributed by atoms with Crippen molar-refractivity contribution in [3.8, 4) is 0 Å². The van der Waals surface area contributed by atoms with Crippen LogP contribution < -0.4 is 0 Å². The van der Waals surface area contributed by atoms with E-state index in [1.165, 1.54) is 0 Å². The number of nitrogens with zero attached hydrogens (tertiary/aromatic N) is 2. The van der Waals surface area contributed by atoms with Gasteiger partial charge in [-0.3, -0.25) is 14.4 Å². The molecule has 0 bridgehead atoms. The lowest BCUT2D eigenvalue weighted by Crippen LogP contribution is -2.52. The standard InChI is InChI=1S/C15H26N2O4/c1-10(2)9-13(18)16-5-7-17(8-6-16)14(19)11(3)12(4)15(20)21/h10-12H,5-9H2,1-4H3,(H,20,21). The highest BCUT2D eigenvalue weighted by Crippen LogP contribution is 2.16. The summed E-state index contributed by atoms with van der Waals surface area (Å²) in [6.07, 6.45) is 0.528. The zero-order chi connectivity index (χ0) is 16.2. The van der Waals surface area contributed by atoms with Gasteiger partial charge in [0.05, 0.1) is 5.92 Å². The van der Waals surface area contributed by atoms with Crippen molar-refractivity contribution >= 4 is 17.8 Å². The van der Waals surface area contributed by atoms with Crippen molar-refractivity contribution in [2.45, 2.75) is 34.1 Å². The Kier molecular flexibility index (Phi) is 6.18. The Hall–Kier alpha value is -1.59. The molecule has 6 heteroatoms. The van der Waals surface area contributed by atoms with Crippen molar-refractivity contribution < 1.29 is 19.5 Å². The van der Waals surface area contributed by atoms with Gasteiger partial charge in [-0.05, 0) is 5.92 Å². The van der Waals surface area contributed by atoms with Gasteiger partial charge in [0.1, 0.15) is 0 Å². The highest BCUT2D eigenvalue weighted by atomic mass is 16.4. The van der Waals surface area contributed by atoms with Crippen molar-refractivity contribution in [1.82, 2.24) is 9.80 Å². The summed E-state index contributed by atoms with van der Waals surface area (Å²) in [5.74, 6) is -1.88. The Bertz CT molecular complexity index is 400. The molecule has 1 aliphatic heterocycles. The summed E-state index contributed by atoms with van der Waals surface area (Å²) in [6, 6.07) is 0. The molecule has 0 aromatic rings. The van der Waals surface area contributed by atoms with Crippen LogP contribution in [-0.2, 0) is 14.4 Å². The normalized spacial score (nSPS) is 18.5. The van der Waals surface area contributed by atoms with Gasteiger partial charge in [-0.1, -0.05) is 27.7 Å². The maximum absolute atomic E-state index is 12.3. The van der Waals surface area contributed by atoms with Gasteiger partial charge in [0, 0.05) is 38.5 Å². The molecule has 2 unspecified atom stereocenters. The Morgan fingerprint density at radius 3 is 1.81 bits per heavy atom. The molecule has 1 rings (SSSR count). The first-order valence-corrected chi connectivity index (χ1v) is 7.53. The molecule has 0 saturated carbocycles. The van der Waals surface area contributed by atoms with Crippen LogP contribution in [0.4, 0.5) is 0 Å². The first kappa shape index (κ1) is 17.5. The van der Waals surface area contributed by atoms with E-state index in [-0.39, 0.29) is 11.8 Å². The number of hydrogen-bond acceptors (Lipinski definition) is 3. The van der Waals surface area contributed by atoms with Gasteiger partial charge in [-0.2, -0.15) is 0 Å². The Morgan fingerprint density at radius 2 is 1.38 bits per heavy atom. The molecule has 6 nitrogen and oxygen atoms in total. The lowest BCUT2D eigenvalue weighted by Gasteiger charge is -2.36. The summed E-state index contributed by atoms with van der Waals surface area (Å²) in [5.41, 5.74) is 0. The predicted octanol–water partition coefficient (Wildman–Crippen LogP) is 1.06. The maximum atomic E-state index is 12.3. The number of rotatable bonds is 5. The maximum Gasteiger partial charge on any atom is 0.307 e. The van der Waals surface area contributed by atoms with Gasteiger partial charge in [0.2, 0.25) is 11.8 Å². The number of aliphatic carboxylic acids is 1. The van der Waals surface area contributed by atoms with Gasteiger partial charge >= 0.3 is 5.97 Å². The number of carboxylic acid groups (broad SMARTS) is 1. The van der Waals surface area contributed by atoms with Gasteiger partial charge in [0.15, 0.2) is 0 Å². The van der Waals surface area contributed by atoms with Crippen LogP contribution in [0.15, 0.2) is 0 Å². The third kappa shape index (κ3) is 4.72. The van der Waals surface area contributed by atoms with E-state index in [1.54, 1.807) is 23.6 Å². The van der Waals surface area contributed by atoms with Crippen LogP contribution in [0.2, 0.25) is 0 Å². The second-order valence-electron chi connectivity index (χ2n) is 6.22. The molecular weight excluding hydrogens is 272 g/mol. The minimum atomic E-state index is -0.957. The molecular formula is C15H26N2O4. The van der Waals surface area contributed by atoms with Crippen molar-refractivity contribution in [1.29, 1.82) is 0 Å². The molecule has 0 radical (unpaired) electrons. The third-order valence-electron chi connectivity index (χ3n) is 4.06. The molecule has 1 saturated heterocycles. The molecule has 21 heavy (non-hydrogen) atoms. The van der Waals surface area contributed by atoms with E-state index in [0.29, 0.717) is 38.5 Å². The van der Waals surface area contributed by atoms with Crippen molar-refractivity contribution in [2.75, 3.05) is 26.2 Å². The summed E-state index contributed by atoms with van der Waals surface area (Å²) in [4.78, 5) is 38.6. The lowest BCUT2D eigenvalue weighted by atomic mass is 9.94. The first-order valence-electron chi connectivity index (χ1n) is 7.53. The number of amides is 2. The van der Waals surface area contributed by atoms with E-state index in [1.807, 2.05) is 13.8 Å². The van der Waals surface area contributed by atoms with E-state index in [4.69, 9.17) is 5.11 Å². The summed E-state index contributed by atoms with van der Waals surface area (Å²) in [7, 11) is 0. The van der Waals surface area contributed by atoms with E-state index in [0.717, 1.165) is 0 Å². The fourth-order valence-electron chi connectivity index (χ4n) is 2.37. The minimum Gasteiger partial charge on any atom is -0.481 e. The molecule has 1 fully saturated rings. The average molecular weight is 298 g/mol. The summed E-state index contributed by atoms with van der Waals surface area (Å²) in [6.45, 7) is 9.25. The van der Waals surface area contributed by atoms with E-state index in [2.05, 4.69) is 0 Å². The van der Waals surface area contributed by atoms with E-state index >= 15 is 0 Å². The molecule has 2 atom stereocenters. The van der Waals surface area contributed by atoms with Crippen LogP contribution >= 0.6 is 0 Å². The molecule has 2 amide bonds. The number of carbonyl (C=O) groups is 3. The third-order valence-corrected chi connectivity index (χ3v) is 4.06. The molecule has 0 aromatic heterocycles. The van der Waals surface area contributed by atoms with Crippen LogP contribution in [0.1, 0.15) is 34.1 Å². The Balaban J connectivity index is 2.51. The molecule has 0 spiro atoms. The number of piperazine rings is 1. The first-order chi connectivity index (χ1) is 9.73. The summed E-state index contributed by atoms with van der Waals surface area (Å²) < 4.78 is 0. The molecule has 1 aliphatic rings. The van der Waals surface area contributed by atoms with Crippen LogP contribution in [0.3, 0.4) is 0 Å². The van der Waals surface area contributed by atoms with Crippen molar-refractivity contribution in [2.24, 2.45) is 17.8 Å². The van der Waals surface area contributed by atoms with E-state index < -0.39 is 17.8 Å². The molecule has 0 aromatic carbocycles. The number of hydrogen-bond donors (Lipinski definition) is 1. The van der Waals surface area contributed by atoms with Crippen LogP contribution in [0, 0.1) is 17.8 Å². The fraction of sp³-hybridized carbons (Fsp3) is 0.800. The predicted molar refractivity (Wildman–Crippen MR) is 78.6 cm³/mol. The van der Waals surface area contributed by atoms with Crippen molar-refractivity contribution in [3.05, 3.63) is 0 Å². The zero-order valence-electron chi connectivity index (χ0n) is 13.3. The average Bonchev–Trinajstić information content (AvgIpc) is 2.44. The molecule has 0 aliphatic carbocycles. The van der Waals surface area contributed by atoms with Gasteiger partial charge in [-0.25, -0.2) is 0 Å². The van der Waals surface area contributed by atoms with Crippen LogP contribution in [-0.4, -0.2) is 58.9 Å². The van der Waals surface area contributed by atoms with Gasteiger partial charge in [-0.15, -0.1) is 0 Å². The fourth-order valence-corrected chi connectivity index (χ4v) is 2.37. The summed E-state index contributed by atoms with van der Waals surface area (Å²) >= 11 is 0. The second-order valence-corrected chi connectivity index (χ2v) is 6.22. The quantitative estimate of drug-likeness (QED) is 0.823. The SMILES string of the molecule is CC(C)CC(=O)N1CCN(C(=O)C(C)C(C)C(=O)O)CC1. The highest BCUT2D eigenvalue weighted by Gasteiger charge is 2.31. The Labute approximate surface area is 126 Å². The number of carbonyl (C=O) groups excluding carboxylic acids is 2. The second kappa shape index (κ2) is 7.43. The molecule has 120 valence electrons. The minimum absolute atomic E-state index is 0.129. The topological polar surface area (TPSA) is 77.9 Å². The zero-order valence-corrected chi connectivity index (χ0v) is 13.3. The van der Waals surface area contributed by atoms with E-state index in [9.17, 15) is 14.4 Å². The van der Waals surface area contributed by atoms with Gasteiger partial charge in [0.25, 0.3) is 0 Å². The molecule has 1 N–H and O–H groups in total. The lowest BCUT2D eigenvalue weighted by molar-refractivity contribution is -0.150. The van der Waals surface area contributed by atoms with Crippen LogP contribution in [0.5, 0.6) is 0 Å².